The molecule has 3 heteroatoms. The summed E-state index contributed by atoms with van der Waals surface area (Å²) in [7, 11) is 0. The Morgan fingerprint density at radius 3 is 2.89 bits per heavy atom. The molecule has 1 saturated carbocycles. The summed E-state index contributed by atoms with van der Waals surface area (Å²) < 4.78 is 5.42. The Kier molecular flexibility index (Phi) is 4.60. The Bertz CT molecular complexity index is 421. The summed E-state index contributed by atoms with van der Waals surface area (Å²) >= 11 is 0. The zero-order valence-electron chi connectivity index (χ0n) is 10.9. The van der Waals surface area contributed by atoms with Crippen LogP contribution < -0.4 is 10.1 Å². The van der Waals surface area contributed by atoms with Crippen LogP contribution in [0.1, 0.15) is 31.7 Å². The maximum absolute atomic E-state index is 8.56. The summed E-state index contributed by atoms with van der Waals surface area (Å²) in [5, 5.41) is 12.1. The third kappa shape index (κ3) is 3.24. The number of nitrogens with zero attached hydrogens (tertiary/aromatic N) is 1. The Morgan fingerprint density at radius 1 is 1.44 bits per heavy atom. The number of nitrogens with one attached hydrogen (secondary N) is 1. The normalized spacial score (nSPS) is 16.7. The Balaban J connectivity index is 1.89. The van der Waals surface area contributed by atoms with E-state index in [-0.39, 0.29) is 6.61 Å². The van der Waals surface area contributed by atoms with Crippen LogP contribution >= 0.6 is 0 Å². The van der Waals surface area contributed by atoms with Crippen molar-refractivity contribution in [3.8, 4) is 11.8 Å². The van der Waals surface area contributed by atoms with Crippen LogP contribution in [0.4, 0.5) is 0 Å². The second-order valence-electron chi connectivity index (χ2n) is 4.92. The molecule has 0 bridgehead atoms. The molecule has 1 aliphatic rings. The van der Waals surface area contributed by atoms with E-state index in [2.05, 4.69) is 12.2 Å². The van der Waals surface area contributed by atoms with Crippen molar-refractivity contribution in [1.29, 1.82) is 5.26 Å². The first-order valence-electron chi connectivity index (χ1n) is 6.62. The maximum atomic E-state index is 8.56. The lowest BCUT2D eigenvalue weighted by atomic mass is 9.80. The number of rotatable bonds is 6. The summed E-state index contributed by atoms with van der Waals surface area (Å²) in [5.74, 6) is 1.64. The molecule has 0 spiro atoms. The van der Waals surface area contributed by atoms with Gasteiger partial charge >= 0.3 is 0 Å². The summed E-state index contributed by atoms with van der Waals surface area (Å²) in [6.07, 6.45) is 4.07. The minimum atomic E-state index is 0.106. The highest BCUT2D eigenvalue weighted by Crippen LogP contribution is 2.29. The number of nitriles is 1. The van der Waals surface area contributed by atoms with Crippen LogP contribution in [-0.2, 0) is 6.54 Å². The molecular weight excluding hydrogens is 224 g/mol. The summed E-state index contributed by atoms with van der Waals surface area (Å²) in [4.78, 5) is 0. The van der Waals surface area contributed by atoms with Crippen molar-refractivity contribution < 1.29 is 4.74 Å². The number of ether oxygens (including phenoxy) is 1. The molecule has 1 aromatic carbocycles. The van der Waals surface area contributed by atoms with Gasteiger partial charge in [0, 0.05) is 18.2 Å². The van der Waals surface area contributed by atoms with Gasteiger partial charge in [0.05, 0.1) is 0 Å². The van der Waals surface area contributed by atoms with Gasteiger partial charge in [0.25, 0.3) is 0 Å². The van der Waals surface area contributed by atoms with E-state index in [1.165, 1.54) is 19.3 Å². The predicted molar refractivity (Wildman–Crippen MR) is 71.2 cm³/mol. The van der Waals surface area contributed by atoms with E-state index in [0.717, 1.165) is 23.8 Å². The van der Waals surface area contributed by atoms with Gasteiger partial charge in [0.2, 0.25) is 0 Å². The lowest BCUT2D eigenvalue weighted by Gasteiger charge is -2.32. The standard InChI is InChI=1S/C15H20N2O/c1-12(13-6-4-7-13)17-11-14-5-2-3-8-15(14)18-10-9-16/h2-3,5,8,12-13,17H,4,6-7,10-11H2,1H3. The third-order valence-corrected chi connectivity index (χ3v) is 3.74. The summed E-state index contributed by atoms with van der Waals surface area (Å²) in [6, 6.07) is 10.5. The quantitative estimate of drug-likeness (QED) is 0.837. The molecule has 2 rings (SSSR count). The highest BCUT2D eigenvalue weighted by molar-refractivity contribution is 5.33. The molecule has 0 saturated heterocycles. The molecule has 0 aromatic heterocycles. The van der Waals surface area contributed by atoms with Crippen molar-refractivity contribution in [3.63, 3.8) is 0 Å². The molecule has 18 heavy (non-hydrogen) atoms. The van der Waals surface area contributed by atoms with Gasteiger partial charge in [-0.3, -0.25) is 0 Å². The highest BCUT2D eigenvalue weighted by Gasteiger charge is 2.23. The second kappa shape index (κ2) is 6.42. The van der Waals surface area contributed by atoms with Gasteiger partial charge in [-0.25, -0.2) is 0 Å². The van der Waals surface area contributed by atoms with Crippen molar-refractivity contribution in [2.45, 2.75) is 38.8 Å². The summed E-state index contributed by atoms with van der Waals surface area (Å²) in [5.41, 5.74) is 1.12. The predicted octanol–water partition coefficient (Wildman–Crippen LogP) is 2.87. The molecule has 1 N–H and O–H groups in total. The SMILES string of the molecule is CC(NCc1ccccc1OCC#N)C1CCC1. The van der Waals surface area contributed by atoms with Crippen LogP contribution in [0.15, 0.2) is 24.3 Å². The highest BCUT2D eigenvalue weighted by atomic mass is 16.5. The average Bonchev–Trinajstić information content (AvgIpc) is 2.32. The molecular formula is C15H20N2O. The lowest BCUT2D eigenvalue weighted by molar-refractivity contribution is 0.239. The van der Waals surface area contributed by atoms with Crippen molar-refractivity contribution >= 4 is 0 Å². The van der Waals surface area contributed by atoms with Crippen LogP contribution in [0.3, 0.4) is 0 Å². The molecule has 1 atom stereocenters. The Morgan fingerprint density at radius 2 is 2.22 bits per heavy atom. The number of hydrogen-bond acceptors (Lipinski definition) is 3. The summed E-state index contributed by atoms with van der Waals surface area (Å²) in [6.45, 7) is 3.16. The van der Waals surface area contributed by atoms with Gasteiger partial charge in [0.15, 0.2) is 6.61 Å². The van der Waals surface area contributed by atoms with Crippen molar-refractivity contribution in [2.24, 2.45) is 5.92 Å². The third-order valence-electron chi connectivity index (χ3n) is 3.74. The number of benzene rings is 1. The first-order valence-corrected chi connectivity index (χ1v) is 6.62. The largest absolute Gasteiger partial charge is 0.478 e. The molecule has 3 nitrogen and oxygen atoms in total. The molecule has 96 valence electrons. The van der Waals surface area contributed by atoms with E-state index < -0.39 is 0 Å². The minimum absolute atomic E-state index is 0.106. The zero-order valence-corrected chi connectivity index (χ0v) is 10.9. The maximum Gasteiger partial charge on any atom is 0.174 e. The molecule has 1 aromatic rings. The van der Waals surface area contributed by atoms with Crippen LogP contribution in [0.25, 0.3) is 0 Å². The molecule has 0 aliphatic heterocycles. The average molecular weight is 244 g/mol. The Hall–Kier alpha value is -1.53. The number of hydrogen-bond donors (Lipinski definition) is 1. The minimum Gasteiger partial charge on any atom is -0.478 e. The van der Waals surface area contributed by atoms with Crippen LogP contribution in [-0.4, -0.2) is 12.6 Å². The van der Waals surface area contributed by atoms with Gasteiger partial charge in [-0.2, -0.15) is 5.26 Å². The first kappa shape index (κ1) is 12.9. The number of para-hydroxylation sites is 1. The fraction of sp³-hybridized carbons (Fsp3) is 0.533. The van der Waals surface area contributed by atoms with E-state index in [1.807, 2.05) is 30.3 Å². The van der Waals surface area contributed by atoms with E-state index in [9.17, 15) is 0 Å². The molecule has 1 aliphatic carbocycles. The zero-order chi connectivity index (χ0) is 12.8. The van der Waals surface area contributed by atoms with Gasteiger partial charge in [-0.05, 0) is 31.7 Å². The smallest absolute Gasteiger partial charge is 0.174 e. The fourth-order valence-corrected chi connectivity index (χ4v) is 2.28. The van der Waals surface area contributed by atoms with Crippen LogP contribution in [0.5, 0.6) is 5.75 Å². The monoisotopic (exact) mass is 244 g/mol. The van der Waals surface area contributed by atoms with Crippen molar-refractivity contribution in [1.82, 2.24) is 5.32 Å². The van der Waals surface area contributed by atoms with E-state index in [0.29, 0.717) is 6.04 Å². The topological polar surface area (TPSA) is 45.0 Å². The molecule has 0 amide bonds. The molecule has 1 fully saturated rings. The van der Waals surface area contributed by atoms with Gasteiger partial charge in [-0.1, -0.05) is 24.6 Å². The van der Waals surface area contributed by atoms with Crippen LogP contribution in [0.2, 0.25) is 0 Å². The molecule has 0 heterocycles. The van der Waals surface area contributed by atoms with Crippen molar-refractivity contribution in [3.05, 3.63) is 29.8 Å². The Labute approximate surface area is 109 Å². The van der Waals surface area contributed by atoms with Gasteiger partial charge < -0.3 is 10.1 Å². The molecule has 0 radical (unpaired) electrons. The van der Waals surface area contributed by atoms with E-state index >= 15 is 0 Å². The van der Waals surface area contributed by atoms with E-state index in [4.69, 9.17) is 10.00 Å². The van der Waals surface area contributed by atoms with Crippen LogP contribution in [0, 0.1) is 17.2 Å². The first-order chi connectivity index (χ1) is 8.81. The van der Waals surface area contributed by atoms with E-state index in [1.54, 1.807) is 0 Å². The molecule has 1 unspecified atom stereocenters. The lowest BCUT2D eigenvalue weighted by Crippen LogP contribution is -2.36. The second-order valence-corrected chi connectivity index (χ2v) is 4.92. The van der Waals surface area contributed by atoms with Crippen molar-refractivity contribution in [2.75, 3.05) is 6.61 Å². The van der Waals surface area contributed by atoms with Gasteiger partial charge in [0.1, 0.15) is 11.8 Å². The van der Waals surface area contributed by atoms with Gasteiger partial charge in [-0.15, -0.1) is 0 Å². The fourth-order valence-electron chi connectivity index (χ4n) is 2.28.